The van der Waals surface area contributed by atoms with Crippen molar-refractivity contribution >= 4 is 11.9 Å². The second-order valence-corrected chi connectivity index (χ2v) is 7.57. The molecule has 1 aliphatic carbocycles. The van der Waals surface area contributed by atoms with Gasteiger partial charge in [-0.25, -0.2) is 9.78 Å². The van der Waals surface area contributed by atoms with Crippen LogP contribution in [0.4, 0.5) is 13.2 Å². The standard InChI is InChI=1S/C19H23N3O2.C2HF3O2/c1-13-18(24-12-21-13)14-2-4-15(5-3-14)19(23)22(16-6-7-16)17-8-10-20-11-9-17;3-2(4,5)1(6)7/h2-5,12,16-17,20H,6-11H2,1H3;(H,6,7). The maximum Gasteiger partial charge on any atom is 0.490 e. The highest BCUT2D eigenvalue weighted by Gasteiger charge is 2.39. The van der Waals surface area contributed by atoms with E-state index in [1.165, 1.54) is 6.39 Å². The van der Waals surface area contributed by atoms with E-state index in [0.717, 1.165) is 61.4 Å². The van der Waals surface area contributed by atoms with Crippen LogP contribution in [-0.4, -0.2) is 58.2 Å². The number of carbonyl (C=O) groups excluding carboxylic acids is 1. The molecule has 4 rings (SSSR count). The number of oxazole rings is 1. The van der Waals surface area contributed by atoms with Crippen LogP contribution in [0.15, 0.2) is 35.1 Å². The van der Waals surface area contributed by atoms with Crippen molar-refractivity contribution in [1.29, 1.82) is 0 Å². The zero-order chi connectivity index (χ0) is 22.6. The first-order valence-electron chi connectivity index (χ1n) is 10.0. The van der Waals surface area contributed by atoms with Gasteiger partial charge < -0.3 is 19.7 Å². The second-order valence-electron chi connectivity index (χ2n) is 7.57. The first kappa shape index (κ1) is 22.8. The molecule has 0 spiro atoms. The molecule has 0 bridgehead atoms. The Hall–Kier alpha value is -2.88. The Morgan fingerprint density at radius 2 is 1.65 bits per heavy atom. The van der Waals surface area contributed by atoms with E-state index in [1.807, 2.05) is 31.2 Å². The SMILES string of the molecule is Cc1ncoc1-c1ccc(C(=O)N(C2CCNCC2)C2CC2)cc1.O=C(O)C(F)(F)F. The summed E-state index contributed by atoms with van der Waals surface area (Å²) in [6.45, 7) is 3.93. The molecule has 2 heterocycles. The number of hydrogen-bond acceptors (Lipinski definition) is 5. The Labute approximate surface area is 177 Å². The number of piperidine rings is 1. The third kappa shape index (κ3) is 5.84. The number of carbonyl (C=O) groups is 2. The minimum Gasteiger partial charge on any atom is -0.475 e. The molecule has 168 valence electrons. The van der Waals surface area contributed by atoms with Crippen molar-refractivity contribution in [2.75, 3.05) is 13.1 Å². The summed E-state index contributed by atoms with van der Waals surface area (Å²) in [6, 6.07) is 8.55. The Balaban J connectivity index is 0.000000339. The number of aliphatic carboxylic acids is 1. The van der Waals surface area contributed by atoms with Crippen LogP contribution in [0.5, 0.6) is 0 Å². The lowest BCUT2D eigenvalue weighted by molar-refractivity contribution is -0.192. The molecule has 1 aromatic heterocycles. The van der Waals surface area contributed by atoms with Gasteiger partial charge in [-0.3, -0.25) is 4.79 Å². The number of hydrogen-bond donors (Lipinski definition) is 2. The van der Waals surface area contributed by atoms with E-state index < -0.39 is 12.1 Å². The molecule has 10 heteroatoms. The number of aromatic nitrogens is 1. The van der Waals surface area contributed by atoms with Gasteiger partial charge >= 0.3 is 12.1 Å². The van der Waals surface area contributed by atoms with Crippen molar-refractivity contribution < 1.29 is 32.3 Å². The molecule has 1 saturated heterocycles. The lowest BCUT2D eigenvalue weighted by Crippen LogP contribution is -2.47. The average Bonchev–Trinajstić information content (AvgIpc) is 3.48. The van der Waals surface area contributed by atoms with E-state index in [4.69, 9.17) is 14.3 Å². The van der Waals surface area contributed by atoms with Gasteiger partial charge in [-0.2, -0.15) is 13.2 Å². The highest BCUT2D eigenvalue weighted by atomic mass is 19.4. The number of rotatable bonds is 4. The van der Waals surface area contributed by atoms with E-state index in [-0.39, 0.29) is 5.91 Å². The molecule has 1 amide bonds. The summed E-state index contributed by atoms with van der Waals surface area (Å²) in [5, 5.41) is 10.5. The zero-order valence-corrected chi connectivity index (χ0v) is 17.0. The second kappa shape index (κ2) is 9.51. The van der Waals surface area contributed by atoms with Gasteiger partial charge in [0.15, 0.2) is 12.2 Å². The fraction of sp³-hybridized carbons (Fsp3) is 0.476. The van der Waals surface area contributed by atoms with Crippen LogP contribution in [0.3, 0.4) is 0 Å². The molecule has 0 radical (unpaired) electrons. The third-order valence-electron chi connectivity index (χ3n) is 5.26. The van der Waals surface area contributed by atoms with Crippen molar-refractivity contribution in [1.82, 2.24) is 15.2 Å². The molecule has 2 fully saturated rings. The van der Waals surface area contributed by atoms with Crippen molar-refractivity contribution in [3.63, 3.8) is 0 Å². The van der Waals surface area contributed by atoms with Gasteiger partial charge in [-0.05, 0) is 57.8 Å². The summed E-state index contributed by atoms with van der Waals surface area (Å²) in [6.07, 6.45) is 0.765. The third-order valence-corrected chi connectivity index (χ3v) is 5.26. The first-order valence-corrected chi connectivity index (χ1v) is 10.0. The van der Waals surface area contributed by atoms with Crippen molar-refractivity contribution in [3.8, 4) is 11.3 Å². The average molecular weight is 439 g/mol. The number of carboxylic acids is 1. The Bertz CT molecular complexity index is 901. The predicted octanol–water partition coefficient (Wildman–Crippen LogP) is 3.64. The van der Waals surface area contributed by atoms with Crippen LogP contribution < -0.4 is 5.32 Å². The van der Waals surface area contributed by atoms with E-state index in [1.54, 1.807) is 0 Å². The lowest BCUT2D eigenvalue weighted by atomic mass is 10.0. The Morgan fingerprint density at radius 1 is 1.10 bits per heavy atom. The van der Waals surface area contributed by atoms with Crippen LogP contribution in [0, 0.1) is 6.92 Å². The van der Waals surface area contributed by atoms with Gasteiger partial charge in [-0.1, -0.05) is 12.1 Å². The van der Waals surface area contributed by atoms with Crippen molar-refractivity contribution in [2.24, 2.45) is 0 Å². The number of nitrogens with one attached hydrogen (secondary N) is 1. The summed E-state index contributed by atoms with van der Waals surface area (Å²) < 4.78 is 37.2. The highest BCUT2D eigenvalue weighted by Crippen LogP contribution is 2.33. The van der Waals surface area contributed by atoms with E-state index in [9.17, 15) is 18.0 Å². The van der Waals surface area contributed by atoms with Gasteiger partial charge in [0.25, 0.3) is 5.91 Å². The highest BCUT2D eigenvalue weighted by molar-refractivity contribution is 5.95. The largest absolute Gasteiger partial charge is 0.490 e. The van der Waals surface area contributed by atoms with Crippen molar-refractivity contribution in [3.05, 3.63) is 41.9 Å². The number of carboxylic acid groups (broad SMARTS) is 1. The zero-order valence-electron chi connectivity index (χ0n) is 17.0. The number of benzene rings is 1. The van der Waals surface area contributed by atoms with E-state index >= 15 is 0 Å². The maximum absolute atomic E-state index is 13.1. The van der Waals surface area contributed by atoms with Crippen LogP contribution >= 0.6 is 0 Å². The summed E-state index contributed by atoms with van der Waals surface area (Å²) in [5.74, 6) is -1.82. The fourth-order valence-corrected chi connectivity index (χ4v) is 3.56. The summed E-state index contributed by atoms with van der Waals surface area (Å²) in [5.41, 5.74) is 2.59. The Kier molecular flexibility index (Phi) is 6.99. The Morgan fingerprint density at radius 3 is 2.10 bits per heavy atom. The number of amides is 1. The molecule has 1 aliphatic heterocycles. The van der Waals surface area contributed by atoms with E-state index in [2.05, 4.69) is 15.2 Å². The van der Waals surface area contributed by atoms with Gasteiger partial charge in [0.2, 0.25) is 0 Å². The molecule has 2 N–H and O–H groups in total. The molecule has 2 aromatic rings. The maximum atomic E-state index is 13.1. The molecule has 0 atom stereocenters. The normalized spacial score (nSPS) is 16.9. The van der Waals surface area contributed by atoms with E-state index in [0.29, 0.717) is 12.1 Å². The molecule has 2 aliphatic rings. The number of nitrogens with zero attached hydrogens (tertiary/aromatic N) is 2. The molecular weight excluding hydrogens is 415 g/mol. The fourth-order valence-electron chi connectivity index (χ4n) is 3.56. The summed E-state index contributed by atoms with van der Waals surface area (Å²) in [4.78, 5) is 28.2. The molecule has 7 nitrogen and oxygen atoms in total. The molecule has 1 saturated carbocycles. The van der Waals surface area contributed by atoms with Gasteiger partial charge in [0.05, 0.1) is 5.69 Å². The predicted molar refractivity (Wildman–Crippen MR) is 105 cm³/mol. The number of halogens is 3. The molecular formula is C21H24F3N3O4. The van der Waals surface area contributed by atoms with Crippen LogP contribution in [0.1, 0.15) is 41.7 Å². The smallest absolute Gasteiger partial charge is 0.475 e. The van der Waals surface area contributed by atoms with Crippen molar-refractivity contribution in [2.45, 2.75) is 50.9 Å². The molecule has 31 heavy (non-hydrogen) atoms. The minimum atomic E-state index is -5.08. The molecule has 1 aromatic carbocycles. The van der Waals surface area contributed by atoms with Crippen LogP contribution in [0.25, 0.3) is 11.3 Å². The first-order chi connectivity index (χ1) is 14.7. The summed E-state index contributed by atoms with van der Waals surface area (Å²) in [7, 11) is 0. The number of alkyl halides is 3. The monoisotopic (exact) mass is 439 g/mol. The van der Waals surface area contributed by atoms with Gasteiger partial charge in [0, 0.05) is 23.2 Å². The minimum absolute atomic E-state index is 0.172. The van der Waals surface area contributed by atoms with Gasteiger partial charge in [-0.15, -0.1) is 0 Å². The summed E-state index contributed by atoms with van der Waals surface area (Å²) >= 11 is 0. The van der Waals surface area contributed by atoms with Gasteiger partial charge in [0.1, 0.15) is 0 Å². The lowest BCUT2D eigenvalue weighted by Gasteiger charge is -2.35. The van der Waals surface area contributed by atoms with Crippen LogP contribution in [0.2, 0.25) is 0 Å². The van der Waals surface area contributed by atoms with Crippen LogP contribution in [-0.2, 0) is 4.79 Å². The topological polar surface area (TPSA) is 95.7 Å². The quantitative estimate of drug-likeness (QED) is 0.755. The molecule has 0 unspecified atom stereocenters. The number of aryl methyl sites for hydroxylation is 1.